The van der Waals surface area contributed by atoms with Gasteiger partial charge in [0.15, 0.2) is 5.82 Å². The maximum absolute atomic E-state index is 4.06. The van der Waals surface area contributed by atoms with Crippen LogP contribution in [0.3, 0.4) is 0 Å². The van der Waals surface area contributed by atoms with E-state index < -0.39 is 0 Å². The van der Waals surface area contributed by atoms with Crippen LogP contribution in [0, 0.1) is 0 Å². The summed E-state index contributed by atoms with van der Waals surface area (Å²) in [7, 11) is 0. The number of rotatable bonds is 6. The summed E-state index contributed by atoms with van der Waals surface area (Å²) in [6.45, 7) is 5.95. The van der Waals surface area contributed by atoms with Gasteiger partial charge in [-0.2, -0.15) is 4.68 Å². The van der Waals surface area contributed by atoms with Crippen molar-refractivity contribution in [2.24, 2.45) is 0 Å². The molecule has 5 nitrogen and oxygen atoms in total. The van der Waals surface area contributed by atoms with Gasteiger partial charge in [0, 0.05) is 0 Å². The van der Waals surface area contributed by atoms with Gasteiger partial charge in [-0.15, -0.1) is 5.10 Å². The Hall–Kier alpha value is -1.75. The largest absolute Gasteiger partial charge is 0.310 e. The van der Waals surface area contributed by atoms with E-state index in [1.54, 1.807) is 4.68 Å². The molecule has 0 spiro atoms. The molecule has 0 aliphatic heterocycles. The average molecular weight is 245 g/mol. The zero-order valence-corrected chi connectivity index (χ0v) is 10.9. The van der Waals surface area contributed by atoms with Gasteiger partial charge >= 0.3 is 0 Å². The van der Waals surface area contributed by atoms with Crippen LogP contribution in [0.1, 0.15) is 31.7 Å². The lowest BCUT2D eigenvalue weighted by atomic mass is 10.1. The molecule has 1 aromatic carbocycles. The van der Waals surface area contributed by atoms with Gasteiger partial charge in [0.05, 0.1) is 12.2 Å². The van der Waals surface area contributed by atoms with Gasteiger partial charge in [0.1, 0.15) is 0 Å². The van der Waals surface area contributed by atoms with E-state index >= 15 is 0 Å². The minimum Gasteiger partial charge on any atom is -0.310 e. The number of aromatic nitrogens is 4. The Morgan fingerprint density at radius 3 is 2.94 bits per heavy atom. The number of hydrogen-bond donors (Lipinski definition) is 1. The molecule has 2 aromatic rings. The fraction of sp³-hybridized carbons (Fsp3) is 0.462. The summed E-state index contributed by atoms with van der Waals surface area (Å²) in [4.78, 5) is 0. The van der Waals surface area contributed by atoms with E-state index in [2.05, 4.69) is 46.8 Å². The van der Waals surface area contributed by atoms with Gasteiger partial charge < -0.3 is 5.32 Å². The summed E-state index contributed by atoms with van der Waals surface area (Å²) >= 11 is 0. The third-order valence-corrected chi connectivity index (χ3v) is 2.81. The van der Waals surface area contributed by atoms with Crippen molar-refractivity contribution in [3.8, 4) is 5.69 Å². The van der Waals surface area contributed by atoms with E-state index in [-0.39, 0.29) is 0 Å². The second kappa shape index (κ2) is 6.26. The summed E-state index contributed by atoms with van der Waals surface area (Å²) in [5.74, 6) is 0.844. The summed E-state index contributed by atoms with van der Waals surface area (Å²) in [5.41, 5.74) is 2.31. The van der Waals surface area contributed by atoms with Crippen LogP contribution in [-0.4, -0.2) is 26.8 Å². The summed E-state index contributed by atoms with van der Waals surface area (Å²) in [6, 6.07) is 8.31. The fourth-order valence-corrected chi connectivity index (χ4v) is 1.80. The van der Waals surface area contributed by atoms with Crippen molar-refractivity contribution in [3.05, 3.63) is 35.7 Å². The summed E-state index contributed by atoms with van der Waals surface area (Å²) in [6.07, 6.45) is 2.12. The Morgan fingerprint density at radius 2 is 2.17 bits per heavy atom. The molecule has 2 rings (SSSR count). The van der Waals surface area contributed by atoms with Crippen LogP contribution in [0.25, 0.3) is 5.69 Å². The molecule has 0 aliphatic carbocycles. The zero-order chi connectivity index (χ0) is 12.8. The molecule has 0 saturated heterocycles. The molecule has 18 heavy (non-hydrogen) atoms. The maximum atomic E-state index is 4.06. The molecule has 0 saturated carbocycles. The van der Waals surface area contributed by atoms with Crippen LogP contribution in [-0.2, 0) is 13.0 Å². The number of tetrazole rings is 1. The van der Waals surface area contributed by atoms with Crippen LogP contribution in [0.5, 0.6) is 0 Å². The highest BCUT2D eigenvalue weighted by molar-refractivity contribution is 5.35. The molecule has 0 amide bonds. The van der Waals surface area contributed by atoms with E-state index in [1.165, 1.54) is 5.56 Å². The number of nitrogens with one attached hydrogen (secondary N) is 1. The molecule has 5 heteroatoms. The minimum atomic E-state index is 0.692. The molecule has 0 radical (unpaired) electrons. The molecule has 0 unspecified atom stereocenters. The normalized spacial score (nSPS) is 10.8. The van der Waals surface area contributed by atoms with Crippen molar-refractivity contribution in [2.45, 2.75) is 33.2 Å². The second-order valence-corrected chi connectivity index (χ2v) is 4.21. The first-order valence-corrected chi connectivity index (χ1v) is 6.42. The van der Waals surface area contributed by atoms with Crippen molar-refractivity contribution in [1.29, 1.82) is 0 Å². The third-order valence-electron chi connectivity index (χ3n) is 2.81. The first-order chi connectivity index (χ1) is 8.85. The number of nitrogens with zero attached hydrogens (tertiary/aromatic N) is 4. The van der Waals surface area contributed by atoms with Crippen LogP contribution in [0.15, 0.2) is 24.3 Å². The zero-order valence-electron chi connectivity index (χ0n) is 10.9. The summed E-state index contributed by atoms with van der Waals surface area (Å²) < 4.78 is 1.79. The summed E-state index contributed by atoms with van der Waals surface area (Å²) in [5, 5.41) is 15.2. The van der Waals surface area contributed by atoms with Gasteiger partial charge in [0.25, 0.3) is 0 Å². The quantitative estimate of drug-likeness (QED) is 0.787. The predicted octanol–water partition coefficient (Wildman–Crippen LogP) is 1.72. The Labute approximate surface area is 107 Å². The van der Waals surface area contributed by atoms with Crippen molar-refractivity contribution < 1.29 is 0 Å². The van der Waals surface area contributed by atoms with Gasteiger partial charge in [0.2, 0.25) is 0 Å². The predicted molar refractivity (Wildman–Crippen MR) is 70.5 cm³/mol. The standard InChI is InChI=1S/C13H19N5/c1-3-8-14-10-13-15-16-17-18(13)12-7-5-6-11(4-2)9-12/h5-7,9,14H,3-4,8,10H2,1-2H3. The van der Waals surface area contributed by atoms with E-state index in [1.807, 2.05) is 12.1 Å². The van der Waals surface area contributed by atoms with Crippen LogP contribution in [0.4, 0.5) is 0 Å². The molecule has 1 N–H and O–H groups in total. The molecular weight excluding hydrogens is 226 g/mol. The fourth-order valence-electron chi connectivity index (χ4n) is 1.80. The SMILES string of the molecule is CCCNCc1nnnn1-c1cccc(CC)c1. The molecule has 0 atom stereocenters. The van der Waals surface area contributed by atoms with Gasteiger partial charge in [-0.05, 0) is 47.5 Å². The molecule has 0 aliphatic rings. The first kappa shape index (κ1) is 12.7. The third kappa shape index (κ3) is 2.92. The average Bonchev–Trinajstić information content (AvgIpc) is 2.87. The molecule has 96 valence electrons. The maximum Gasteiger partial charge on any atom is 0.170 e. The van der Waals surface area contributed by atoms with Crippen molar-refractivity contribution in [2.75, 3.05) is 6.54 Å². The number of benzene rings is 1. The van der Waals surface area contributed by atoms with E-state index in [0.29, 0.717) is 6.54 Å². The van der Waals surface area contributed by atoms with Crippen LogP contribution < -0.4 is 5.32 Å². The highest BCUT2D eigenvalue weighted by Gasteiger charge is 2.07. The first-order valence-electron chi connectivity index (χ1n) is 6.42. The Morgan fingerprint density at radius 1 is 1.28 bits per heavy atom. The number of hydrogen-bond acceptors (Lipinski definition) is 4. The molecule has 1 aromatic heterocycles. The topological polar surface area (TPSA) is 55.6 Å². The smallest absolute Gasteiger partial charge is 0.170 e. The van der Waals surface area contributed by atoms with Gasteiger partial charge in [-0.25, -0.2) is 0 Å². The second-order valence-electron chi connectivity index (χ2n) is 4.21. The highest BCUT2D eigenvalue weighted by Crippen LogP contribution is 2.11. The van der Waals surface area contributed by atoms with Crippen molar-refractivity contribution in [1.82, 2.24) is 25.5 Å². The molecule has 0 fully saturated rings. The number of aryl methyl sites for hydroxylation is 1. The van der Waals surface area contributed by atoms with Crippen molar-refractivity contribution >= 4 is 0 Å². The highest BCUT2D eigenvalue weighted by atomic mass is 15.5. The van der Waals surface area contributed by atoms with Gasteiger partial charge in [-0.3, -0.25) is 0 Å². The van der Waals surface area contributed by atoms with E-state index in [4.69, 9.17) is 0 Å². The lowest BCUT2D eigenvalue weighted by Gasteiger charge is -2.06. The molecule has 0 bridgehead atoms. The Bertz CT molecular complexity index is 492. The van der Waals surface area contributed by atoms with E-state index in [0.717, 1.165) is 30.9 Å². The molecule has 1 heterocycles. The van der Waals surface area contributed by atoms with Crippen LogP contribution in [0.2, 0.25) is 0 Å². The van der Waals surface area contributed by atoms with Gasteiger partial charge in [-0.1, -0.05) is 26.0 Å². The lowest BCUT2D eigenvalue weighted by Crippen LogP contribution is -2.17. The lowest BCUT2D eigenvalue weighted by molar-refractivity contribution is 0.632. The monoisotopic (exact) mass is 245 g/mol. The molecular formula is C13H19N5. The van der Waals surface area contributed by atoms with E-state index in [9.17, 15) is 0 Å². The Kier molecular flexibility index (Phi) is 4.41. The Balaban J connectivity index is 2.19. The van der Waals surface area contributed by atoms with Crippen molar-refractivity contribution in [3.63, 3.8) is 0 Å². The van der Waals surface area contributed by atoms with Crippen LogP contribution >= 0.6 is 0 Å². The minimum absolute atomic E-state index is 0.692.